The average Bonchev–Trinajstić information content (AvgIpc) is 2.99. The molecule has 0 aliphatic rings. The molecule has 0 bridgehead atoms. The maximum absolute atomic E-state index is 5.29. The smallest absolute Gasteiger partial charge is 0.194 e. The predicted molar refractivity (Wildman–Crippen MR) is 71.8 cm³/mol. The molecule has 1 N–H and O–H groups in total. The summed E-state index contributed by atoms with van der Waals surface area (Å²) in [7, 11) is 0. The van der Waals surface area contributed by atoms with Gasteiger partial charge in [0.15, 0.2) is 4.96 Å². The van der Waals surface area contributed by atoms with Gasteiger partial charge in [0.25, 0.3) is 0 Å². The van der Waals surface area contributed by atoms with Gasteiger partial charge in [0, 0.05) is 17.6 Å². The molecule has 4 nitrogen and oxygen atoms in total. The number of rotatable bonds is 4. The third-order valence-electron chi connectivity index (χ3n) is 2.91. The predicted octanol–water partition coefficient (Wildman–Crippen LogP) is 2.90. The van der Waals surface area contributed by atoms with Crippen molar-refractivity contribution in [3.05, 3.63) is 46.6 Å². The summed E-state index contributed by atoms with van der Waals surface area (Å²) in [4.78, 5) is 6.92. The van der Waals surface area contributed by atoms with Gasteiger partial charge in [0.1, 0.15) is 5.76 Å². The van der Waals surface area contributed by atoms with Gasteiger partial charge in [-0.15, -0.1) is 11.3 Å². The van der Waals surface area contributed by atoms with Crippen LogP contribution in [0.4, 0.5) is 0 Å². The molecule has 0 aromatic carbocycles. The summed E-state index contributed by atoms with van der Waals surface area (Å²) in [6.07, 6.45) is 3.84. The van der Waals surface area contributed by atoms with E-state index >= 15 is 0 Å². The number of aromatic nitrogens is 2. The Morgan fingerprint density at radius 3 is 3.06 bits per heavy atom. The fourth-order valence-corrected chi connectivity index (χ4v) is 2.93. The van der Waals surface area contributed by atoms with E-state index in [0.29, 0.717) is 0 Å². The maximum atomic E-state index is 5.29. The number of aryl methyl sites for hydroxylation is 2. The van der Waals surface area contributed by atoms with Crippen LogP contribution in [-0.2, 0) is 13.1 Å². The zero-order valence-corrected chi connectivity index (χ0v) is 11.3. The van der Waals surface area contributed by atoms with Crippen LogP contribution in [0.25, 0.3) is 4.96 Å². The Morgan fingerprint density at radius 1 is 1.39 bits per heavy atom. The summed E-state index contributed by atoms with van der Waals surface area (Å²) in [5, 5.41) is 3.38. The number of nitrogens with one attached hydrogen (secondary N) is 1. The lowest BCUT2D eigenvalue weighted by Gasteiger charge is -2.03. The molecule has 0 aliphatic heterocycles. The Morgan fingerprint density at radius 2 is 2.28 bits per heavy atom. The summed E-state index contributed by atoms with van der Waals surface area (Å²) in [5.41, 5.74) is 2.31. The molecule has 0 radical (unpaired) electrons. The number of hydrogen-bond donors (Lipinski definition) is 1. The minimum atomic E-state index is 0.739. The highest BCUT2D eigenvalue weighted by molar-refractivity contribution is 7.17. The molecule has 18 heavy (non-hydrogen) atoms. The van der Waals surface area contributed by atoms with Crippen LogP contribution in [0.5, 0.6) is 0 Å². The molecule has 0 unspecified atom stereocenters. The van der Waals surface area contributed by atoms with Crippen molar-refractivity contribution in [2.45, 2.75) is 26.9 Å². The van der Waals surface area contributed by atoms with Crippen molar-refractivity contribution >= 4 is 16.3 Å². The van der Waals surface area contributed by atoms with E-state index in [1.807, 2.05) is 12.1 Å². The van der Waals surface area contributed by atoms with Crippen LogP contribution < -0.4 is 5.32 Å². The molecule has 3 aromatic heterocycles. The van der Waals surface area contributed by atoms with E-state index in [1.54, 1.807) is 17.6 Å². The Kier molecular flexibility index (Phi) is 2.93. The number of furan rings is 1. The van der Waals surface area contributed by atoms with Gasteiger partial charge in [-0.2, -0.15) is 0 Å². The third-order valence-corrected chi connectivity index (χ3v) is 3.81. The van der Waals surface area contributed by atoms with Crippen molar-refractivity contribution in [1.29, 1.82) is 0 Å². The lowest BCUT2D eigenvalue weighted by atomic mass is 10.3. The largest absolute Gasteiger partial charge is 0.468 e. The summed E-state index contributed by atoms with van der Waals surface area (Å²) >= 11 is 1.72. The molecule has 3 aromatic rings. The SMILES string of the molecule is Cc1cn2c(CNCc3ccco3)c(C)nc2s1. The van der Waals surface area contributed by atoms with Gasteiger partial charge in [0.2, 0.25) is 0 Å². The second-order valence-electron chi connectivity index (χ2n) is 4.32. The van der Waals surface area contributed by atoms with Gasteiger partial charge < -0.3 is 9.73 Å². The summed E-state index contributed by atoms with van der Waals surface area (Å²) < 4.78 is 7.46. The van der Waals surface area contributed by atoms with Crippen molar-refractivity contribution in [3.8, 4) is 0 Å². The van der Waals surface area contributed by atoms with E-state index in [9.17, 15) is 0 Å². The number of fused-ring (bicyclic) bond motifs is 1. The lowest BCUT2D eigenvalue weighted by Crippen LogP contribution is -2.14. The molecular weight excluding hydrogens is 246 g/mol. The minimum Gasteiger partial charge on any atom is -0.468 e. The molecule has 0 saturated carbocycles. The third kappa shape index (κ3) is 2.07. The first-order valence-corrected chi connectivity index (χ1v) is 6.73. The Bertz CT molecular complexity index is 651. The van der Waals surface area contributed by atoms with Gasteiger partial charge in [-0.25, -0.2) is 4.98 Å². The summed E-state index contributed by atoms with van der Waals surface area (Å²) in [5.74, 6) is 0.954. The number of thiazole rings is 1. The van der Waals surface area contributed by atoms with Gasteiger partial charge in [-0.05, 0) is 26.0 Å². The number of imidazole rings is 1. The van der Waals surface area contributed by atoms with Crippen molar-refractivity contribution in [2.24, 2.45) is 0 Å². The van der Waals surface area contributed by atoms with E-state index in [2.05, 4.69) is 34.7 Å². The Balaban J connectivity index is 1.75. The van der Waals surface area contributed by atoms with Gasteiger partial charge in [-0.1, -0.05) is 0 Å². The lowest BCUT2D eigenvalue weighted by molar-refractivity contribution is 0.481. The Hall–Kier alpha value is -1.59. The van der Waals surface area contributed by atoms with E-state index < -0.39 is 0 Å². The molecule has 0 saturated heterocycles. The van der Waals surface area contributed by atoms with Gasteiger partial charge in [0.05, 0.1) is 24.2 Å². The first-order chi connectivity index (χ1) is 8.74. The molecule has 3 heterocycles. The molecule has 0 spiro atoms. The standard InChI is InChI=1S/C13H15N3OS/c1-9-8-16-12(10(2)15-13(16)18-9)7-14-6-11-4-3-5-17-11/h3-5,8,14H,6-7H2,1-2H3. The fourth-order valence-electron chi connectivity index (χ4n) is 2.04. The molecule has 0 aliphatic carbocycles. The van der Waals surface area contributed by atoms with Crippen molar-refractivity contribution in [3.63, 3.8) is 0 Å². The summed E-state index contributed by atoms with van der Waals surface area (Å²) in [6.45, 7) is 5.69. The molecule has 0 atom stereocenters. The molecule has 0 amide bonds. The molecule has 3 rings (SSSR count). The van der Waals surface area contributed by atoms with Gasteiger partial charge >= 0.3 is 0 Å². The Labute approximate surface area is 109 Å². The highest BCUT2D eigenvalue weighted by Gasteiger charge is 2.10. The normalized spacial score (nSPS) is 11.4. The van der Waals surface area contributed by atoms with E-state index in [1.165, 1.54) is 10.6 Å². The van der Waals surface area contributed by atoms with Crippen LogP contribution in [0.3, 0.4) is 0 Å². The topological polar surface area (TPSA) is 42.5 Å². The van der Waals surface area contributed by atoms with E-state index in [0.717, 1.165) is 29.5 Å². The second kappa shape index (κ2) is 4.59. The van der Waals surface area contributed by atoms with Crippen LogP contribution in [-0.4, -0.2) is 9.38 Å². The number of hydrogen-bond acceptors (Lipinski definition) is 4. The first-order valence-electron chi connectivity index (χ1n) is 5.91. The van der Waals surface area contributed by atoms with Crippen LogP contribution in [0.2, 0.25) is 0 Å². The summed E-state index contributed by atoms with van der Waals surface area (Å²) in [6, 6.07) is 3.88. The zero-order valence-electron chi connectivity index (χ0n) is 10.4. The minimum absolute atomic E-state index is 0.739. The van der Waals surface area contributed by atoms with Crippen LogP contribution >= 0.6 is 11.3 Å². The van der Waals surface area contributed by atoms with Crippen LogP contribution in [0, 0.1) is 13.8 Å². The maximum Gasteiger partial charge on any atom is 0.194 e. The highest BCUT2D eigenvalue weighted by Crippen LogP contribution is 2.20. The quantitative estimate of drug-likeness (QED) is 0.785. The number of nitrogens with zero attached hydrogens (tertiary/aromatic N) is 2. The van der Waals surface area contributed by atoms with Crippen LogP contribution in [0.15, 0.2) is 29.0 Å². The van der Waals surface area contributed by atoms with E-state index in [-0.39, 0.29) is 0 Å². The fraction of sp³-hybridized carbons (Fsp3) is 0.308. The second-order valence-corrected chi connectivity index (χ2v) is 5.53. The zero-order chi connectivity index (χ0) is 12.5. The van der Waals surface area contributed by atoms with E-state index in [4.69, 9.17) is 4.42 Å². The van der Waals surface area contributed by atoms with Crippen molar-refractivity contribution in [1.82, 2.24) is 14.7 Å². The van der Waals surface area contributed by atoms with Gasteiger partial charge in [-0.3, -0.25) is 4.40 Å². The monoisotopic (exact) mass is 261 g/mol. The van der Waals surface area contributed by atoms with Crippen molar-refractivity contribution < 1.29 is 4.42 Å². The average molecular weight is 261 g/mol. The molecular formula is C13H15N3OS. The molecule has 5 heteroatoms. The van der Waals surface area contributed by atoms with Crippen LogP contribution in [0.1, 0.15) is 22.0 Å². The molecule has 94 valence electrons. The first kappa shape index (κ1) is 11.5. The molecule has 0 fully saturated rings. The highest BCUT2D eigenvalue weighted by atomic mass is 32.1. The van der Waals surface area contributed by atoms with Crippen molar-refractivity contribution in [2.75, 3.05) is 0 Å².